The number of nitrogens with one attached hydrogen (secondary N) is 1. The monoisotopic (exact) mass is 407 g/mol. The fourth-order valence-corrected chi connectivity index (χ4v) is 3.38. The number of nitriles is 1. The molecule has 0 spiro atoms. The van der Waals surface area contributed by atoms with Crippen LogP contribution in [0.5, 0.6) is 0 Å². The van der Waals surface area contributed by atoms with E-state index in [1.807, 2.05) is 42.1 Å². The van der Waals surface area contributed by atoms with Gasteiger partial charge in [0.15, 0.2) is 0 Å². The van der Waals surface area contributed by atoms with Gasteiger partial charge in [-0.05, 0) is 0 Å². The van der Waals surface area contributed by atoms with Crippen LogP contribution in [0.2, 0.25) is 0 Å². The van der Waals surface area contributed by atoms with E-state index in [0.717, 1.165) is 18.4 Å². The Hall–Kier alpha value is -3.15. The van der Waals surface area contributed by atoms with Gasteiger partial charge in [0.25, 0.3) is 0 Å². The van der Waals surface area contributed by atoms with Crippen molar-refractivity contribution in [1.82, 2.24) is 20.4 Å². The number of carbonyl (C=O) groups excluding carboxylic acids is 1. The summed E-state index contributed by atoms with van der Waals surface area (Å²) < 4.78 is 10.8. The Morgan fingerprint density at radius 1 is 1.40 bits per heavy atom. The molecule has 1 fully saturated rings. The van der Waals surface area contributed by atoms with Gasteiger partial charge in [0.2, 0.25) is 0 Å². The van der Waals surface area contributed by atoms with Crippen molar-refractivity contribution in [3.05, 3.63) is 35.7 Å². The van der Waals surface area contributed by atoms with Crippen LogP contribution in [0, 0.1) is 18.2 Å². The van der Waals surface area contributed by atoms with Crippen LogP contribution in [-0.4, -0.2) is 52.0 Å². The number of benzene rings is 1. The van der Waals surface area contributed by atoms with E-state index in [9.17, 15) is 10.1 Å². The number of aryl methyl sites for hydroxylation is 1. The minimum atomic E-state index is -0.623. The first kappa shape index (κ1) is 21.6. The van der Waals surface area contributed by atoms with Gasteiger partial charge < -0.3 is 0 Å². The number of hydrogen-bond acceptors (Lipinski definition) is 7. The van der Waals surface area contributed by atoms with E-state index in [1.165, 1.54) is 12.5 Å². The molecule has 1 aliphatic heterocycles. The Balaban J connectivity index is 1.70. The third-order valence-electron chi connectivity index (χ3n) is 4.70. The van der Waals surface area contributed by atoms with Crippen molar-refractivity contribution in [3.63, 3.8) is 0 Å². The second-order valence-corrected chi connectivity index (χ2v) is 8.36. The van der Waals surface area contributed by atoms with Crippen molar-refractivity contribution in [1.29, 1.82) is 5.26 Å². The van der Waals surface area contributed by atoms with E-state index in [1.54, 1.807) is 20.8 Å². The molecule has 0 unspecified atom stereocenters. The minimum absolute atomic E-state index is 0.0332. The Labute approximate surface area is 177 Å². The molecule has 2 heterocycles. The van der Waals surface area contributed by atoms with Gasteiger partial charge in [0, 0.05) is 0 Å². The Kier molecular flexibility index (Phi) is 6.55. The van der Waals surface area contributed by atoms with E-state index in [4.69, 9.17) is 9.26 Å². The summed E-state index contributed by atoms with van der Waals surface area (Å²) in [4.78, 5) is 18.7. The summed E-state index contributed by atoms with van der Waals surface area (Å²) >= 11 is 0. The molecule has 1 aliphatic rings. The first-order valence-corrected chi connectivity index (χ1v) is 10.0. The average Bonchev–Trinajstić information content (AvgIpc) is 3.30. The Bertz CT molecular complexity index is 956. The molecule has 1 amide bonds. The SMILES string of the molecule is Cc1ccc(-c2noc(C[C@@H]3CCCN3C(=BC#N)NC(=O)OC(C)(C)C)n2)cc1. The molecule has 1 N–H and O–H groups in total. The molecule has 30 heavy (non-hydrogen) atoms. The van der Waals surface area contributed by atoms with Gasteiger partial charge in [0.05, 0.1) is 0 Å². The second-order valence-electron chi connectivity index (χ2n) is 8.36. The van der Waals surface area contributed by atoms with E-state index in [0.29, 0.717) is 30.4 Å². The van der Waals surface area contributed by atoms with E-state index in [2.05, 4.69) is 15.5 Å². The second kappa shape index (κ2) is 9.12. The number of carbonyl (C=O) groups is 1. The summed E-state index contributed by atoms with van der Waals surface area (Å²) in [7, 11) is 0. The zero-order chi connectivity index (χ0) is 21.7. The summed E-state index contributed by atoms with van der Waals surface area (Å²) in [5.41, 5.74) is 1.86. The maximum absolute atomic E-state index is 12.2. The first-order valence-electron chi connectivity index (χ1n) is 10.0. The number of aromatic nitrogens is 2. The van der Waals surface area contributed by atoms with Gasteiger partial charge in [-0.15, -0.1) is 0 Å². The number of nitrogens with zero attached hydrogens (tertiary/aromatic N) is 4. The van der Waals surface area contributed by atoms with Crippen LogP contribution in [0.1, 0.15) is 45.1 Å². The predicted molar refractivity (Wildman–Crippen MR) is 114 cm³/mol. The Morgan fingerprint density at radius 2 is 2.13 bits per heavy atom. The number of likely N-dealkylation sites (tertiary alicyclic amines) is 1. The molecule has 9 heteroatoms. The van der Waals surface area contributed by atoms with Crippen molar-refractivity contribution in [3.8, 4) is 17.4 Å². The summed E-state index contributed by atoms with van der Waals surface area (Å²) in [6.45, 7) is 9.44. The molecule has 2 aromatic rings. The van der Waals surface area contributed by atoms with Crippen LogP contribution in [0.25, 0.3) is 11.4 Å². The zero-order valence-electron chi connectivity index (χ0n) is 17.8. The predicted octanol–water partition coefficient (Wildman–Crippen LogP) is 2.85. The van der Waals surface area contributed by atoms with E-state index < -0.39 is 11.7 Å². The topological polar surface area (TPSA) is 104 Å². The van der Waals surface area contributed by atoms with Crippen LogP contribution in [0.4, 0.5) is 4.79 Å². The summed E-state index contributed by atoms with van der Waals surface area (Å²) in [6.07, 6.45) is 1.76. The number of hydrogen-bond donors (Lipinski definition) is 1. The van der Waals surface area contributed by atoms with E-state index >= 15 is 0 Å². The fraction of sp³-hybridized carbons (Fsp3) is 0.476. The molecule has 156 valence electrons. The average molecular weight is 407 g/mol. The van der Waals surface area contributed by atoms with Gasteiger partial charge in [-0.3, -0.25) is 0 Å². The molecule has 0 aliphatic carbocycles. The van der Waals surface area contributed by atoms with Crippen LogP contribution in [-0.2, 0) is 11.2 Å². The van der Waals surface area contributed by atoms with Crippen molar-refractivity contribution in [2.45, 2.75) is 58.6 Å². The molecule has 1 aromatic carbocycles. The quantitative estimate of drug-likeness (QED) is 0.760. The molecule has 3 rings (SSSR count). The first-order chi connectivity index (χ1) is 14.2. The van der Waals surface area contributed by atoms with Crippen molar-refractivity contribution in [2.24, 2.45) is 0 Å². The van der Waals surface area contributed by atoms with Gasteiger partial charge >= 0.3 is 177 Å². The normalized spacial score (nSPS) is 16.7. The number of rotatable bonds is 5. The molecule has 0 radical (unpaired) electrons. The molecular weight excluding hydrogens is 381 g/mol. The molecule has 8 nitrogen and oxygen atoms in total. The van der Waals surface area contributed by atoms with E-state index in [-0.39, 0.29) is 6.04 Å². The summed E-state index contributed by atoms with van der Waals surface area (Å²) in [5, 5.41) is 16.0. The van der Waals surface area contributed by atoms with Crippen molar-refractivity contribution in [2.75, 3.05) is 6.54 Å². The van der Waals surface area contributed by atoms with Gasteiger partial charge in [0.1, 0.15) is 0 Å². The third-order valence-corrected chi connectivity index (χ3v) is 4.70. The Morgan fingerprint density at radius 3 is 2.80 bits per heavy atom. The summed E-state index contributed by atoms with van der Waals surface area (Å²) in [6, 6.07) is 7.97. The number of ether oxygens (including phenoxy) is 1. The third kappa shape index (κ3) is 5.69. The van der Waals surface area contributed by atoms with Crippen LogP contribution in [0.3, 0.4) is 0 Å². The van der Waals surface area contributed by atoms with Gasteiger partial charge in [-0.25, -0.2) is 0 Å². The van der Waals surface area contributed by atoms with Gasteiger partial charge in [-0.2, -0.15) is 0 Å². The number of amides is 1. The number of alkyl carbamates (subject to hydrolysis) is 1. The fourth-order valence-electron chi connectivity index (χ4n) is 3.38. The van der Waals surface area contributed by atoms with Gasteiger partial charge in [-0.1, -0.05) is 0 Å². The van der Waals surface area contributed by atoms with Crippen molar-refractivity contribution < 1.29 is 14.1 Å². The molecule has 1 atom stereocenters. The maximum atomic E-state index is 12.2. The molecule has 0 saturated carbocycles. The van der Waals surface area contributed by atoms with Crippen LogP contribution >= 0.6 is 0 Å². The molecule has 1 saturated heterocycles. The van der Waals surface area contributed by atoms with Crippen LogP contribution < -0.4 is 5.32 Å². The summed E-state index contributed by atoms with van der Waals surface area (Å²) in [5.74, 6) is 3.08. The molecular formula is C21H26BN5O3. The molecule has 1 aromatic heterocycles. The van der Waals surface area contributed by atoms with Crippen molar-refractivity contribution >= 4 is 18.7 Å². The molecule has 0 bridgehead atoms. The standard InChI is InChI=1S/C21H26BN5O3/c1-14-7-9-15(10-8-14)18-24-17(30-26-18)12-16-6-5-11-27(16)19(22-13-23)25-20(28)29-21(2,3)4/h7-10,16H,5-6,11-12H2,1-4H3,(H,25,28)/t16-/m0/s1. The van der Waals surface area contributed by atoms with Crippen LogP contribution in [0.15, 0.2) is 28.8 Å². The zero-order valence-corrected chi connectivity index (χ0v) is 17.8.